The van der Waals surface area contributed by atoms with Crippen LogP contribution in [0.5, 0.6) is 0 Å². The molecule has 0 radical (unpaired) electrons. The van der Waals surface area contributed by atoms with E-state index in [1.165, 1.54) is 18.2 Å². The van der Waals surface area contributed by atoms with E-state index in [1.54, 1.807) is 0 Å². The third-order valence-corrected chi connectivity index (χ3v) is 2.17. The van der Waals surface area contributed by atoms with E-state index in [9.17, 15) is 4.39 Å². The number of aromatic amines is 1. The molecular weight excluding hydrogens is 219 g/mol. The molecule has 0 unspecified atom stereocenters. The molecule has 0 saturated heterocycles. The van der Waals surface area contributed by atoms with E-state index in [1.807, 2.05) is 6.07 Å². The number of nitriles is 1. The maximum atomic E-state index is 13.5. The molecular formula is C9H4ClFN4. The molecule has 0 amide bonds. The second-order valence-corrected chi connectivity index (χ2v) is 3.15. The summed E-state index contributed by atoms with van der Waals surface area (Å²) in [5.74, 6) is -0.534. The summed E-state index contributed by atoms with van der Waals surface area (Å²) in [6, 6.07) is 6.07. The largest absolute Gasteiger partial charge is 0.247 e. The smallest absolute Gasteiger partial charge is 0.163 e. The van der Waals surface area contributed by atoms with E-state index < -0.39 is 5.82 Å². The SMILES string of the molecule is N#Cc1[nH]nnc1-c1c(F)cccc1Cl. The van der Waals surface area contributed by atoms with Crippen LogP contribution in [-0.4, -0.2) is 15.4 Å². The summed E-state index contributed by atoms with van der Waals surface area (Å²) in [5, 5.41) is 18.3. The highest BCUT2D eigenvalue weighted by Gasteiger charge is 2.16. The predicted molar refractivity (Wildman–Crippen MR) is 51.5 cm³/mol. The first-order valence-electron chi connectivity index (χ1n) is 3.99. The summed E-state index contributed by atoms with van der Waals surface area (Å²) in [5.41, 5.74) is 0.298. The van der Waals surface area contributed by atoms with Crippen LogP contribution in [0.15, 0.2) is 18.2 Å². The van der Waals surface area contributed by atoms with Gasteiger partial charge in [-0.3, -0.25) is 0 Å². The topological polar surface area (TPSA) is 65.4 Å². The first-order chi connectivity index (χ1) is 7.24. The number of hydrogen-bond acceptors (Lipinski definition) is 3. The number of H-pyrrole nitrogens is 1. The molecule has 0 aliphatic rings. The van der Waals surface area contributed by atoms with Crippen molar-refractivity contribution in [3.8, 4) is 17.3 Å². The fourth-order valence-corrected chi connectivity index (χ4v) is 1.46. The molecule has 0 spiro atoms. The number of halogens is 2. The molecule has 74 valence electrons. The van der Waals surface area contributed by atoms with Crippen LogP contribution in [0.3, 0.4) is 0 Å². The van der Waals surface area contributed by atoms with Crippen LogP contribution >= 0.6 is 11.6 Å². The molecule has 0 bridgehead atoms. The minimum absolute atomic E-state index is 0.0852. The molecule has 15 heavy (non-hydrogen) atoms. The van der Waals surface area contributed by atoms with Crippen molar-refractivity contribution in [2.75, 3.05) is 0 Å². The zero-order valence-corrected chi connectivity index (χ0v) is 8.09. The lowest BCUT2D eigenvalue weighted by Gasteiger charge is -2.01. The van der Waals surface area contributed by atoms with E-state index in [2.05, 4.69) is 15.4 Å². The lowest BCUT2D eigenvalue weighted by molar-refractivity contribution is 0.630. The Labute approximate surface area is 89.3 Å². The van der Waals surface area contributed by atoms with Gasteiger partial charge in [0.1, 0.15) is 17.6 Å². The minimum Gasteiger partial charge on any atom is -0.247 e. The van der Waals surface area contributed by atoms with Gasteiger partial charge >= 0.3 is 0 Å². The summed E-state index contributed by atoms with van der Waals surface area (Å²) < 4.78 is 13.5. The van der Waals surface area contributed by atoms with Crippen LogP contribution in [0.4, 0.5) is 4.39 Å². The van der Waals surface area contributed by atoms with E-state index >= 15 is 0 Å². The molecule has 1 aromatic carbocycles. The average Bonchev–Trinajstić information content (AvgIpc) is 2.65. The summed E-state index contributed by atoms with van der Waals surface area (Å²) in [6.45, 7) is 0. The van der Waals surface area contributed by atoms with Crippen LogP contribution in [0.25, 0.3) is 11.3 Å². The van der Waals surface area contributed by atoms with Crippen molar-refractivity contribution in [2.45, 2.75) is 0 Å². The molecule has 1 aromatic heterocycles. The molecule has 0 aliphatic heterocycles. The van der Waals surface area contributed by atoms with Gasteiger partial charge in [0.25, 0.3) is 0 Å². The van der Waals surface area contributed by atoms with E-state index in [0.29, 0.717) is 0 Å². The molecule has 0 saturated carbocycles. The second kappa shape index (κ2) is 3.67. The molecule has 6 heteroatoms. The highest BCUT2D eigenvalue weighted by Crippen LogP contribution is 2.29. The van der Waals surface area contributed by atoms with Crippen molar-refractivity contribution in [2.24, 2.45) is 0 Å². The van der Waals surface area contributed by atoms with Gasteiger partial charge in [-0.1, -0.05) is 22.9 Å². The van der Waals surface area contributed by atoms with Crippen LogP contribution in [-0.2, 0) is 0 Å². The van der Waals surface area contributed by atoms with Crippen molar-refractivity contribution < 1.29 is 4.39 Å². The number of benzene rings is 1. The normalized spacial score (nSPS) is 9.93. The molecule has 4 nitrogen and oxygen atoms in total. The van der Waals surface area contributed by atoms with Crippen molar-refractivity contribution in [3.63, 3.8) is 0 Å². The van der Waals surface area contributed by atoms with Gasteiger partial charge in [-0.25, -0.2) is 9.49 Å². The maximum Gasteiger partial charge on any atom is 0.163 e. The van der Waals surface area contributed by atoms with Crippen LogP contribution in [0, 0.1) is 17.1 Å². The number of nitrogens with zero attached hydrogens (tertiary/aromatic N) is 3. The minimum atomic E-state index is -0.534. The van der Waals surface area contributed by atoms with Crippen LogP contribution < -0.4 is 0 Å². The lowest BCUT2D eigenvalue weighted by Crippen LogP contribution is -1.88. The van der Waals surface area contributed by atoms with E-state index in [4.69, 9.17) is 16.9 Å². The standard InChI is InChI=1S/C9H4ClFN4/c10-5-2-1-3-6(11)8(5)9-7(4-12)13-15-14-9/h1-3H,(H,13,14,15). The molecule has 2 aromatic rings. The molecule has 0 aliphatic carbocycles. The fourth-order valence-electron chi connectivity index (χ4n) is 1.20. The lowest BCUT2D eigenvalue weighted by atomic mass is 10.1. The molecule has 0 atom stereocenters. The third kappa shape index (κ3) is 1.55. The van der Waals surface area contributed by atoms with Crippen molar-refractivity contribution in [1.29, 1.82) is 5.26 Å². The Kier molecular flexibility index (Phi) is 2.35. The van der Waals surface area contributed by atoms with Crippen LogP contribution in [0.2, 0.25) is 5.02 Å². The Morgan fingerprint density at radius 2 is 2.27 bits per heavy atom. The quantitative estimate of drug-likeness (QED) is 0.804. The van der Waals surface area contributed by atoms with Gasteiger partial charge in [-0.05, 0) is 12.1 Å². The summed E-state index contributed by atoms with van der Waals surface area (Å²) in [4.78, 5) is 0. The second-order valence-electron chi connectivity index (χ2n) is 2.74. The van der Waals surface area contributed by atoms with Crippen molar-refractivity contribution >= 4 is 11.6 Å². The summed E-state index contributed by atoms with van der Waals surface area (Å²) >= 11 is 5.82. The predicted octanol–water partition coefficient (Wildman–Crippen LogP) is 2.14. The third-order valence-electron chi connectivity index (χ3n) is 1.86. The fraction of sp³-hybridized carbons (Fsp3) is 0. The first-order valence-corrected chi connectivity index (χ1v) is 4.37. The van der Waals surface area contributed by atoms with E-state index in [0.717, 1.165) is 0 Å². The summed E-state index contributed by atoms with van der Waals surface area (Å²) in [7, 11) is 0. The van der Waals surface area contributed by atoms with Gasteiger partial charge in [-0.2, -0.15) is 5.26 Å². The Bertz CT molecular complexity index is 523. The molecule has 1 N–H and O–H groups in total. The highest BCUT2D eigenvalue weighted by molar-refractivity contribution is 6.33. The number of nitrogens with one attached hydrogen (secondary N) is 1. The Morgan fingerprint density at radius 3 is 2.93 bits per heavy atom. The average molecular weight is 223 g/mol. The summed E-state index contributed by atoms with van der Waals surface area (Å²) in [6.07, 6.45) is 0. The number of rotatable bonds is 1. The van der Waals surface area contributed by atoms with Gasteiger partial charge in [0.2, 0.25) is 0 Å². The van der Waals surface area contributed by atoms with Gasteiger partial charge in [-0.15, -0.1) is 5.10 Å². The van der Waals surface area contributed by atoms with Gasteiger partial charge < -0.3 is 0 Å². The van der Waals surface area contributed by atoms with Gasteiger partial charge in [0.05, 0.1) is 10.6 Å². The van der Waals surface area contributed by atoms with Gasteiger partial charge in [0, 0.05) is 0 Å². The Morgan fingerprint density at radius 1 is 1.47 bits per heavy atom. The van der Waals surface area contributed by atoms with Crippen molar-refractivity contribution in [3.05, 3.63) is 34.7 Å². The molecule has 2 rings (SSSR count). The zero-order valence-electron chi connectivity index (χ0n) is 7.33. The first kappa shape index (κ1) is 9.62. The molecule has 1 heterocycles. The van der Waals surface area contributed by atoms with Gasteiger partial charge in [0.15, 0.2) is 5.69 Å². The Balaban J connectivity index is 2.70. The zero-order chi connectivity index (χ0) is 10.8. The Hall–Kier alpha value is -1.93. The van der Waals surface area contributed by atoms with E-state index in [-0.39, 0.29) is 22.0 Å². The number of aromatic nitrogens is 3. The monoisotopic (exact) mass is 222 g/mol. The maximum absolute atomic E-state index is 13.5. The number of hydrogen-bond donors (Lipinski definition) is 1. The van der Waals surface area contributed by atoms with Crippen LogP contribution in [0.1, 0.15) is 5.69 Å². The highest BCUT2D eigenvalue weighted by atomic mass is 35.5. The van der Waals surface area contributed by atoms with Crippen molar-refractivity contribution in [1.82, 2.24) is 15.4 Å². The molecule has 0 fully saturated rings.